The monoisotopic (exact) mass is 306 g/mol. The van der Waals surface area contributed by atoms with Gasteiger partial charge >= 0.3 is 0 Å². The molecule has 2 saturated heterocycles. The number of fused-ring (bicyclic) bond motifs is 2. The number of guanidine groups is 1. The molecule has 3 heterocycles. The van der Waals surface area contributed by atoms with Crippen molar-refractivity contribution in [2.24, 2.45) is 12.0 Å². The summed E-state index contributed by atoms with van der Waals surface area (Å²) in [6, 6.07) is 0.383. The lowest BCUT2D eigenvalue weighted by atomic mass is 9.96. The molecular weight excluding hydrogens is 280 g/mol. The number of nitrogens with one attached hydrogen (secondary N) is 2. The van der Waals surface area contributed by atoms with E-state index in [1.807, 2.05) is 32.2 Å². The molecule has 7 nitrogen and oxygen atoms in total. The summed E-state index contributed by atoms with van der Waals surface area (Å²) in [5.74, 6) is 1.77. The molecule has 2 N–H and O–H groups in total. The van der Waals surface area contributed by atoms with Crippen LogP contribution in [0.5, 0.6) is 0 Å². The van der Waals surface area contributed by atoms with E-state index in [0.717, 1.165) is 30.4 Å². The number of aromatic nitrogens is 2. The van der Waals surface area contributed by atoms with Gasteiger partial charge in [-0.15, -0.1) is 0 Å². The zero-order valence-electron chi connectivity index (χ0n) is 13.8. The number of ether oxygens (including phenoxy) is 1. The van der Waals surface area contributed by atoms with Gasteiger partial charge < -0.3 is 24.8 Å². The van der Waals surface area contributed by atoms with Gasteiger partial charge in [0, 0.05) is 28.2 Å². The topological polar surface area (TPSA) is 66.7 Å². The average Bonchev–Trinajstić information content (AvgIpc) is 3.19. The lowest BCUT2D eigenvalue weighted by Gasteiger charge is -2.22. The zero-order valence-corrected chi connectivity index (χ0v) is 13.8. The number of aliphatic imine (C=N–C) groups is 1. The Morgan fingerprint density at radius 2 is 2.32 bits per heavy atom. The van der Waals surface area contributed by atoms with Crippen LogP contribution in [0, 0.1) is 0 Å². The van der Waals surface area contributed by atoms with Crippen molar-refractivity contribution < 1.29 is 4.74 Å². The highest BCUT2D eigenvalue weighted by Gasteiger charge is 2.41. The summed E-state index contributed by atoms with van der Waals surface area (Å²) in [5, 5.41) is 6.86. The Bertz CT molecular complexity index is 552. The number of rotatable bonds is 4. The lowest BCUT2D eigenvalue weighted by Crippen LogP contribution is -2.47. The van der Waals surface area contributed by atoms with Crippen LogP contribution >= 0.6 is 0 Å². The van der Waals surface area contributed by atoms with Crippen molar-refractivity contribution in [2.75, 3.05) is 26.0 Å². The Balaban J connectivity index is 1.55. The van der Waals surface area contributed by atoms with Crippen LogP contribution in [0.2, 0.25) is 0 Å². The van der Waals surface area contributed by atoms with Crippen molar-refractivity contribution in [1.29, 1.82) is 0 Å². The average molecular weight is 306 g/mol. The van der Waals surface area contributed by atoms with Crippen LogP contribution in [-0.2, 0) is 18.3 Å². The summed E-state index contributed by atoms with van der Waals surface area (Å²) < 4.78 is 7.96. The van der Waals surface area contributed by atoms with E-state index < -0.39 is 0 Å². The Labute approximate surface area is 131 Å². The molecule has 2 fully saturated rings. The van der Waals surface area contributed by atoms with Gasteiger partial charge in [-0.2, -0.15) is 0 Å². The molecule has 7 heteroatoms. The first-order valence-corrected chi connectivity index (χ1v) is 7.89. The van der Waals surface area contributed by atoms with E-state index in [9.17, 15) is 0 Å². The molecule has 3 rings (SSSR count). The highest BCUT2D eigenvalue weighted by Crippen LogP contribution is 2.34. The van der Waals surface area contributed by atoms with Gasteiger partial charge in [0.05, 0.1) is 36.7 Å². The first-order valence-electron chi connectivity index (χ1n) is 7.89. The fraction of sp³-hybridized carbons (Fsp3) is 0.733. The summed E-state index contributed by atoms with van der Waals surface area (Å²) >= 11 is 0. The Kier molecular flexibility index (Phi) is 4.24. The highest BCUT2D eigenvalue weighted by atomic mass is 16.5. The smallest absolute Gasteiger partial charge is 0.204 e. The van der Waals surface area contributed by atoms with Gasteiger partial charge in [0.15, 0.2) is 5.96 Å². The molecule has 22 heavy (non-hydrogen) atoms. The number of hydrogen-bond donors (Lipinski definition) is 2. The van der Waals surface area contributed by atoms with E-state index in [1.165, 1.54) is 6.42 Å². The molecule has 2 aliphatic heterocycles. The molecule has 0 saturated carbocycles. The van der Waals surface area contributed by atoms with E-state index in [0.29, 0.717) is 24.8 Å². The molecule has 122 valence electrons. The van der Waals surface area contributed by atoms with Crippen molar-refractivity contribution in [3.05, 3.63) is 11.9 Å². The lowest BCUT2D eigenvalue weighted by molar-refractivity contribution is 0.0992. The largest absolute Gasteiger partial charge is 0.373 e. The summed E-state index contributed by atoms with van der Waals surface area (Å²) in [6.45, 7) is 0.693. The Morgan fingerprint density at radius 3 is 2.86 bits per heavy atom. The SMILES string of the molecule is CN=C(NCc1cnc(N(C)C)n1C)NC1CC2CCC1O2. The van der Waals surface area contributed by atoms with Crippen LogP contribution in [0.4, 0.5) is 5.95 Å². The van der Waals surface area contributed by atoms with Crippen LogP contribution in [0.1, 0.15) is 25.0 Å². The van der Waals surface area contributed by atoms with Gasteiger partial charge in [0.25, 0.3) is 0 Å². The quantitative estimate of drug-likeness (QED) is 0.625. The second-order valence-electron chi connectivity index (χ2n) is 6.29. The van der Waals surface area contributed by atoms with Crippen LogP contribution in [-0.4, -0.2) is 54.9 Å². The van der Waals surface area contributed by atoms with Gasteiger partial charge in [0.2, 0.25) is 5.95 Å². The van der Waals surface area contributed by atoms with Gasteiger partial charge in [-0.3, -0.25) is 4.99 Å². The van der Waals surface area contributed by atoms with Crippen LogP contribution in [0.15, 0.2) is 11.2 Å². The molecule has 0 spiro atoms. The third-order valence-corrected chi connectivity index (χ3v) is 4.55. The Hall–Kier alpha value is -1.76. The minimum atomic E-state index is 0.348. The molecule has 0 radical (unpaired) electrons. The van der Waals surface area contributed by atoms with E-state index in [1.54, 1.807) is 7.05 Å². The zero-order chi connectivity index (χ0) is 15.7. The van der Waals surface area contributed by atoms with Gasteiger partial charge in [-0.25, -0.2) is 4.98 Å². The van der Waals surface area contributed by atoms with Crippen molar-refractivity contribution in [3.8, 4) is 0 Å². The Morgan fingerprint density at radius 1 is 1.50 bits per heavy atom. The van der Waals surface area contributed by atoms with Crippen LogP contribution in [0.3, 0.4) is 0 Å². The maximum absolute atomic E-state index is 5.88. The van der Waals surface area contributed by atoms with Crippen LogP contribution < -0.4 is 15.5 Å². The molecule has 2 bridgehead atoms. The predicted molar refractivity (Wildman–Crippen MR) is 87.2 cm³/mol. The third-order valence-electron chi connectivity index (χ3n) is 4.55. The first kappa shape index (κ1) is 15.1. The molecular formula is C15H26N6O. The molecule has 1 aromatic heterocycles. The third kappa shape index (κ3) is 2.90. The fourth-order valence-electron chi connectivity index (χ4n) is 3.35. The normalized spacial score (nSPS) is 27.3. The maximum Gasteiger partial charge on any atom is 0.204 e. The maximum atomic E-state index is 5.88. The molecule has 0 aliphatic carbocycles. The number of anilines is 1. The minimum absolute atomic E-state index is 0.348. The summed E-state index contributed by atoms with van der Waals surface area (Å²) in [7, 11) is 7.82. The second-order valence-corrected chi connectivity index (χ2v) is 6.29. The van der Waals surface area contributed by atoms with E-state index in [-0.39, 0.29) is 0 Å². The molecule has 0 aromatic carbocycles. The molecule has 1 aromatic rings. The number of nitrogens with zero attached hydrogens (tertiary/aromatic N) is 4. The van der Waals surface area contributed by atoms with Crippen molar-refractivity contribution >= 4 is 11.9 Å². The molecule has 3 unspecified atom stereocenters. The van der Waals surface area contributed by atoms with Gasteiger partial charge in [-0.1, -0.05) is 0 Å². The number of imidazole rings is 1. The highest BCUT2D eigenvalue weighted by molar-refractivity contribution is 5.80. The van der Waals surface area contributed by atoms with E-state index >= 15 is 0 Å². The second kappa shape index (κ2) is 6.16. The van der Waals surface area contributed by atoms with Gasteiger partial charge in [-0.05, 0) is 19.3 Å². The first-order chi connectivity index (χ1) is 10.6. The fourth-order valence-corrected chi connectivity index (χ4v) is 3.35. The molecule has 3 atom stereocenters. The van der Waals surface area contributed by atoms with E-state index in [2.05, 4.69) is 25.2 Å². The summed E-state index contributed by atoms with van der Waals surface area (Å²) in [4.78, 5) is 10.7. The van der Waals surface area contributed by atoms with Crippen molar-refractivity contribution in [2.45, 2.75) is 44.1 Å². The standard InChI is InChI=1S/C15H26N6O/c1-16-14(19-12-7-11-5-6-13(12)22-11)17-8-10-9-18-15(20(2)3)21(10)4/h9,11-13H,5-8H2,1-4H3,(H2,16,17,19). The van der Waals surface area contributed by atoms with Crippen molar-refractivity contribution in [3.63, 3.8) is 0 Å². The molecule has 0 amide bonds. The number of hydrogen-bond acceptors (Lipinski definition) is 4. The van der Waals surface area contributed by atoms with E-state index in [4.69, 9.17) is 4.74 Å². The van der Waals surface area contributed by atoms with Crippen molar-refractivity contribution in [1.82, 2.24) is 20.2 Å². The minimum Gasteiger partial charge on any atom is -0.373 e. The summed E-state index contributed by atoms with van der Waals surface area (Å²) in [6.07, 6.45) is 6.14. The predicted octanol–water partition coefficient (Wildman–Crippen LogP) is 0.471. The van der Waals surface area contributed by atoms with Gasteiger partial charge in [0.1, 0.15) is 0 Å². The molecule has 2 aliphatic rings. The van der Waals surface area contributed by atoms with Crippen LogP contribution in [0.25, 0.3) is 0 Å². The summed E-state index contributed by atoms with van der Waals surface area (Å²) in [5.41, 5.74) is 1.12.